The summed E-state index contributed by atoms with van der Waals surface area (Å²) in [4.78, 5) is 63.3. The van der Waals surface area contributed by atoms with Crippen molar-refractivity contribution in [1.29, 1.82) is 0 Å². The molecule has 48 heavy (non-hydrogen) atoms. The smallest absolute Gasteiger partial charge is 0.299 e. The van der Waals surface area contributed by atoms with Crippen molar-refractivity contribution in [1.82, 2.24) is 20.9 Å². The van der Waals surface area contributed by atoms with Gasteiger partial charge in [-0.2, -0.15) is 0 Å². The minimum absolute atomic E-state index is 0.143. The molecular weight excluding hydrogens is 618 g/mol. The number of carbonyl (C=O) groups excluding carboxylic acids is 3. The monoisotopic (exact) mass is 659 g/mol. The van der Waals surface area contributed by atoms with Gasteiger partial charge in [0.1, 0.15) is 17.8 Å². The minimum atomic E-state index is -0.894. The molecule has 3 aromatic carbocycles. The van der Waals surface area contributed by atoms with Crippen molar-refractivity contribution in [2.75, 3.05) is 25.5 Å². The molecule has 1 fully saturated rings. The Balaban J connectivity index is 1.43. The van der Waals surface area contributed by atoms with Crippen LogP contribution in [0.3, 0.4) is 0 Å². The highest BCUT2D eigenvalue weighted by molar-refractivity contribution is 5.93. The number of nitrogens with one attached hydrogen (secondary N) is 4. The van der Waals surface area contributed by atoms with E-state index in [1.807, 2.05) is 60.7 Å². The number of likely N-dealkylation sites (N-methyl/N-ethyl adjacent to an activating group) is 1. The standard InChI is InChI=1S/C34H41N7O7/c1-23(35-2)32(42)37-28(16-9-10-20-36-27-19-18-26(40(45)46)22-30(27)41(47)48)34(44)39-21-11-17-29(39)33(43)38-31(24-12-5-3-6-13-24)25-14-7-4-8-15-25/h3-8,12-15,18-19,22-23,28-29,31,35-36H,9-11,16-17,20-21H2,1-2H3,(H,37,42)(H,38,43)/t23-,28-,29-/m0/s1. The summed E-state index contributed by atoms with van der Waals surface area (Å²) in [5.41, 5.74) is 1.17. The van der Waals surface area contributed by atoms with E-state index in [0.29, 0.717) is 32.2 Å². The summed E-state index contributed by atoms with van der Waals surface area (Å²) in [6.45, 7) is 2.34. The lowest BCUT2D eigenvalue weighted by atomic mass is 9.98. The highest BCUT2D eigenvalue weighted by Gasteiger charge is 2.38. The third-order valence-electron chi connectivity index (χ3n) is 8.46. The maximum absolute atomic E-state index is 14.0. The lowest BCUT2D eigenvalue weighted by Gasteiger charge is -2.30. The molecule has 3 aromatic rings. The Bertz CT molecular complexity index is 1550. The minimum Gasteiger partial charge on any atom is -0.379 e. The van der Waals surface area contributed by atoms with Crippen LogP contribution in [0.4, 0.5) is 17.1 Å². The van der Waals surface area contributed by atoms with E-state index in [1.165, 1.54) is 12.1 Å². The van der Waals surface area contributed by atoms with Gasteiger partial charge >= 0.3 is 0 Å². The second kappa shape index (κ2) is 17.0. The van der Waals surface area contributed by atoms with Crippen molar-refractivity contribution in [2.24, 2.45) is 0 Å². The van der Waals surface area contributed by atoms with Crippen LogP contribution in [0.2, 0.25) is 0 Å². The van der Waals surface area contributed by atoms with Crippen LogP contribution in [0, 0.1) is 20.2 Å². The normalized spacial score (nSPS) is 15.4. The van der Waals surface area contributed by atoms with Crippen LogP contribution in [0.5, 0.6) is 0 Å². The second-order valence-electron chi connectivity index (χ2n) is 11.7. The molecule has 0 aliphatic carbocycles. The fourth-order valence-electron chi connectivity index (χ4n) is 5.71. The number of unbranched alkanes of at least 4 members (excludes halogenated alkanes) is 1. The van der Waals surface area contributed by atoms with Crippen molar-refractivity contribution < 1.29 is 24.2 Å². The Morgan fingerprint density at radius 2 is 1.54 bits per heavy atom. The second-order valence-corrected chi connectivity index (χ2v) is 11.7. The van der Waals surface area contributed by atoms with E-state index in [0.717, 1.165) is 17.2 Å². The van der Waals surface area contributed by atoms with Crippen LogP contribution in [0.25, 0.3) is 0 Å². The number of carbonyl (C=O) groups is 3. The molecule has 14 nitrogen and oxygen atoms in total. The molecule has 4 N–H and O–H groups in total. The molecule has 1 heterocycles. The number of hydrogen-bond donors (Lipinski definition) is 4. The maximum atomic E-state index is 14.0. The summed E-state index contributed by atoms with van der Waals surface area (Å²) in [6.07, 6.45) is 2.34. The van der Waals surface area contributed by atoms with Gasteiger partial charge in [0.2, 0.25) is 17.7 Å². The number of anilines is 1. The number of non-ortho nitro benzene ring substituents is 1. The summed E-state index contributed by atoms with van der Waals surface area (Å²) in [5.74, 6) is -0.982. The van der Waals surface area contributed by atoms with Crippen molar-refractivity contribution in [2.45, 2.75) is 63.2 Å². The van der Waals surface area contributed by atoms with Gasteiger partial charge in [-0.05, 0) is 63.3 Å². The first-order valence-electron chi connectivity index (χ1n) is 16.0. The summed E-state index contributed by atoms with van der Waals surface area (Å²) in [5, 5.41) is 34.3. The first kappa shape index (κ1) is 35.5. The number of likely N-dealkylation sites (tertiary alicyclic amines) is 1. The van der Waals surface area contributed by atoms with Crippen LogP contribution < -0.4 is 21.3 Å². The average Bonchev–Trinajstić information content (AvgIpc) is 3.60. The lowest BCUT2D eigenvalue weighted by Crippen LogP contribution is -2.55. The molecule has 14 heteroatoms. The highest BCUT2D eigenvalue weighted by Crippen LogP contribution is 2.29. The van der Waals surface area contributed by atoms with Gasteiger partial charge in [-0.15, -0.1) is 0 Å². The summed E-state index contributed by atoms with van der Waals surface area (Å²) in [7, 11) is 1.64. The van der Waals surface area contributed by atoms with Crippen molar-refractivity contribution in [3.05, 3.63) is 110 Å². The van der Waals surface area contributed by atoms with Crippen LogP contribution in [0.15, 0.2) is 78.9 Å². The lowest BCUT2D eigenvalue weighted by molar-refractivity contribution is -0.393. The molecule has 3 atom stereocenters. The number of nitrogens with zero attached hydrogens (tertiary/aromatic N) is 3. The first-order valence-corrected chi connectivity index (χ1v) is 16.0. The van der Waals surface area contributed by atoms with Gasteiger partial charge in [0, 0.05) is 19.2 Å². The highest BCUT2D eigenvalue weighted by atomic mass is 16.6. The van der Waals surface area contributed by atoms with E-state index < -0.39 is 39.7 Å². The Labute approximate surface area is 278 Å². The van der Waals surface area contributed by atoms with Crippen LogP contribution in [0.1, 0.15) is 56.2 Å². The zero-order valence-electron chi connectivity index (χ0n) is 27.0. The molecule has 254 valence electrons. The Hall–Kier alpha value is -5.37. The molecule has 0 spiro atoms. The van der Waals surface area contributed by atoms with E-state index in [9.17, 15) is 34.6 Å². The third-order valence-corrected chi connectivity index (χ3v) is 8.46. The van der Waals surface area contributed by atoms with Gasteiger partial charge in [0.15, 0.2) is 0 Å². The van der Waals surface area contributed by atoms with Crippen LogP contribution in [-0.4, -0.2) is 70.7 Å². The molecule has 4 rings (SSSR count). The third kappa shape index (κ3) is 9.12. The fraction of sp³-hybridized carbons (Fsp3) is 0.382. The van der Waals surface area contributed by atoms with Gasteiger partial charge in [0.05, 0.1) is 28.0 Å². The molecule has 0 radical (unpaired) electrons. The fourth-order valence-corrected chi connectivity index (χ4v) is 5.71. The van der Waals surface area contributed by atoms with Crippen LogP contribution in [-0.2, 0) is 14.4 Å². The maximum Gasteiger partial charge on any atom is 0.299 e. The Kier molecular flexibility index (Phi) is 12.5. The molecule has 0 saturated carbocycles. The number of rotatable bonds is 16. The summed E-state index contributed by atoms with van der Waals surface area (Å²) in [6, 6.07) is 20.0. The molecule has 0 bridgehead atoms. The van der Waals surface area contributed by atoms with Crippen molar-refractivity contribution >= 4 is 34.8 Å². The topological polar surface area (TPSA) is 189 Å². The number of amides is 3. The van der Waals surface area contributed by atoms with Gasteiger partial charge in [-0.3, -0.25) is 34.6 Å². The zero-order chi connectivity index (χ0) is 34.6. The quantitative estimate of drug-likeness (QED) is 0.0998. The van der Waals surface area contributed by atoms with E-state index in [4.69, 9.17) is 0 Å². The number of benzene rings is 3. The van der Waals surface area contributed by atoms with E-state index in [1.54, 1.807) is 18.9 Å². The first-order chi connectivity index (χ1) is 23.1. The molecule has 0 aromatic heterocycles. The van der Waals surface area contributed by atoms with Crippen LogP contribution >= 0.6 is 0 Å². The van der Waals surface area contributed by atoms with Crippen molar-refractivity contribution in [3.63, 3.8) is 0 Å². The molecule has 1 saturated heterocycles. The predicted octanol–water partition coefficient (Wildman–Crippen LogP) is 4.07. The Morgan fingerprint density at radius 3 is 2.12 bits per heavy atom. The molecule has 1 aliphatic heterocycles. The largest absolute Gasteiger partial charge is 0.379 e. The summed E-state index contributed by atoms with van der Waals surface area (Å²) < 4.78 is 0. The van der Waals surface area contributed by atoms with Gasteiger partial charge < -0.3 is 26.2 Å². The van der Waals surface area contributed by atoms with E-state index in [2.05, 4.69) is 21.3 Å². The molecule has 1 aliphatic rings. The van der Waals surface area contributed by atoms with Crippen molar-refractivity contribution in [3.8, 4) is 0 Å². The van der Waals surface area contributed by atoms with Gasteiger partial charge in [-0.25, -0.2) is 0 Å². The van der Waals surface area contributed by atoms with Gasteiger partial charge in [0.25, 0.3) is 11.4 Å². The summed E-state index contributed by atoms with van der Waals surface area (Å²) >= 11 is 0. The molecule has 0 unspecified atom stereocenters. The SMILES string of the molecule is CN[C@@H](C)C(=O)N[C@@H](CCCCNc1ccc([N+](=O)[O-])cc1[N+](=O)[O-])C(=O)N1CCC[C@H]1C(=O)NC(c1ccccc1)c1ccccc1. The zero-order valence-corrected chi connectivity index (χ0v) is 27.0. The molecule has 3 amide bonds. The van der Waals surface area contributed by atoms with Gasteiger partial charge in [-0.1, -0.05) is 60.7 Å². The average molecular weight is 660 g/mol. The van der Waals surface area contributed by atoms with E-state index in [-0.39, 0.29) is 42.1 Å². The number of nitro groups is 2. The predicted molar refractivity (Wildman–Crippen MR) is 180 cm³/mol. The van der Waals surface area contributed by atoms with E-state index >= 15 is 0 Å². The Morgan fingerprint density at radius 1 is 0.896 bits per heavy atom. The number of nitro benzene ring substituents is 2. The molecular formula is C34H41N7O7. The number of hydrogen-bond acceptors (Lipinski definition) is 9.